The molecule has 0 fully saturated rings. The van der Waals surface area contributed by atoms with Gasteiger partial charge in [-0.1, -0.05) is 6.92 Å². The highest BCUT2D eigenvalue weighted by Crippen LogP contribution is 2.27. The summed E-state index contributed by atoms with van der Waals surface area (Å²) in [6, 6.07) is 3.42. The highest BCUT2D eigenvalue weighted by atomic mass is 19.1. The zero-order valence-electron chi connectivity index (χ0n) is 11.8. The number of rotatable bonds is 5. The van der Waals surface area contributed by atoms with Crippen LogP contribution in [0.3, 0.4) is 0 Å². The molecular formula is C14H17F2N5. The van der Waals surface area contributed by atoms with E-state index in [1.165, 1.54) is 12.4 Å². The summed E-state index contributed by atoms with van der Waals surface area (Å²) in [7, 11) is 0. The third-order valence-corrected chi connectivity index (χ3v) is 3.06. The fourth-order valence-electron chi connectivity index (χ4n) is 1.66. The lowest BCUT2D eigenvalue weighted by Crippen LogP contribution is -2.16. The number of halogens is 2. The molecule has 21 heavy (non-hydrogen) atoms. The zero-order chi connectivity index (χ0) is 15.4. The van der Waals surface area contributed by atoms with Gasteiger partial charge in [0.05, 0.1) is 5.69 Å². The van der Waals surface area contributed by atoms with Gasteiger partial charge >= 0.3 is 0 Å². The van der Waals surface area contributed by atoms with Gasteiger partial charge < -0.3 is 16.4 Å². The van der Waals surface area contributed by atoms with Gasteiger partial charge in [0.2, 0.25) is 0 Å². The molecule has 0 saturated heterocycles. The molecule has 1 aromatic carbocycles. The van der Waals surface area contributed by atoms with Crippen LogP contribution in [-0.2, 0) is 0 Å². The van der Waals surface area contributed by atoms with Crippen LogP contribution in [0.2, 0.25) is 0 Å². The van der Waals surface area contributed by atoms with Gasteiger partial charge in [-0.2, -0.15) is 0 Å². The molecule has 7 heteroatoms. The number of nitrogens with zero attached hydrogens (tertiary/aromatic N) is 2. The standard InChI is InChI=1S/C14H17F2N5/c1-3-8(2)20-13-12(17)14(19-7-18-13)21-11-5-4-9(15)6-10(11)16/h4-8H,3,17H2,1-2H3,(H2,18,19,20,21). The molecule has 1 unspecified atom stereocenters. The Bertz CT molecular complexity index is 633. The van der Waals surface area contributed by atoms with Gasteiger partial charge in [-0.3, -0.25) is 0 Å². The minimum atomic E-state index is -0.718. The predicted octanol–water partition coefficient (Wildman–Crippen LogP) is 3.29. The molecule has 0 aliphatic carbocycles. The van der Waals surface area contributed by atoms with Crippen molar-refractivity contribution in [1.29, 1.82) is 0 Å². The Kier molecular flexibility index (Phi) is 4.52. The lowest BCUT2D eigenvalue weighted by Gasteiger charge is -2.16. The molecule has 2 rings (SSSR count). The lowest BCUT2D eigenvalue weighted by molar-refractivity contribution is 0.586. The second kappa shape index (κ2) is 6.34. The highest BCUT2D eigenvalue weighted by molar-refractivity contribution is 5.77. The van der Waals surface area contributed by atoms with E-state index < -0.39 is 11.6 Å². The third-order valence-electron chi connectivity index (χ3n) is 3.06. The number of nitrogens with one attached hydrogen (secondary N) is 2. The van der Waals surface area contributed by atoms with Crippen molar-refractivity contribution in [3.8, 4) is 0 Å². The number of hydrogen-bond acceptors (Lipinski definition) is 5. The summed E-state index contributed by atoms with van der Waals surface area (Å²) in [6.07, 6.45) is 2.23. The van der Waals surface area contributed by atoms with Crippen molar-refractivity contribution in [3.05, 3.63) is 36.2 Å². The molecule has 4 N–H and O–H groups in total. The van der Waals surface area contributed by atoms with E-state index in [0.717, 1.165) is 18.6 Å². The average Bonchev–Trinajstić information content (AvgIpc) is 2.45. The van der Waals surface area contributed by atoms with Crippen molar-refractivity contribution in [3.63, 3.8) is 0 Å². The average molecular weight is 293 g/mol. The molecule has 0 aliphatic rings. The summed E-state index contributed by atoms with van der Waals surface area (Å²) < 4.78 is 26.5. The molecule has 5 nitrogen and oxygen atoms in total. The van der Waals surface area contributed by atoms with E-state index in [1.807, 2.05) is 13.8 Å². The van der Waals surface area contributed by atoms with Crippen molar-refractivity contribution < 1.29 is 8.78 Å². The van der Waals surface area contributed by atoms with Crippen LogP contribution in [0.15, 0.2) is 24.5 Å². The molecular weight excluding hydrogens is 276 g/mol. The smallest absolute Gasteiger partial charge is 0.159 e. The fraction of sp³-hybridized carbons (Fsp3) is 0.286. The van der Waals surface area contributed by atoms with E-state index in [-0.39, 0.29) is 23.2 Å². The van der Waals surface area contributed by atoms with E-state index in [4.69, 9.17) is 5.73 Å². The summed E-state index contributed by atoms with van der Waals surface area (Å²) in [6.45, 7) is 4.02. The Hall–Kier alpha value is -2.44. The maximum absolute atomic E-state index is 13.6. The summed E-state index contributed by atoms with van der Waals surface area (Å²) in [5.41, 5.74) is 6.34. The largest absolute Gasteiger partial charge is 0.393 e. The topological polar surface area (TPSA) is 75.9 Å². The van der Waals surface area contributed by atoms with E-state index >= 15 is 0 Å². The van der Waals surface area contributed by atoms with E-state index in [0.29, 0.717) is 5.82 Å². The number of benzene rings is 1. The quantitative estimate of drug-likeness (QED) is 0.788. The van der Waals surface area contributed by atoms with Gasteiger partial charge in [0, 0.05) is 12.1 Å². The van der Waals surface area contributed by atoms with Crippen molar-refractivity contribution in [2.24, 2.45) is 0 Å². The van der Waals surface area contributed by atoms with Crippen molar-refractivity contribution in [1.82, 2.24) is 9.97 Å². The van der Waals surface area contributed by atoms with Crippen LogP contribution in [0.1, 0.15) is 20.3 Å². The number of aromatic nitrogens is 2. The molecule has 0 radical (unpaired) electrons. The minimum absolute atomic E-state index is 0.0938. The second-order valence-electron chi connectivity index (χ2n) is 4.69. The van der Waals surface area contributed by atoms with Gasteiger partial charge in [0.25, 0.3) is 0 Å². The minimum Gasteiger partial charge on any atom is -0.393 e. The molecule has 1 heterocycles. The molecule has 1 atom stereocenters. The van der Waals surface area contributed by atoms with Crippen molar-refractivity contribution in [2.75, 3.05) is 16.4 Å². The Morgan fingerprint density at radius 3 is 2.62 bits per heavy atom. The van der Waals surface area contributed by atoms with Gasteiger partial charge in [0.15, 0.2) is 11.6 Å². The fourth-order valence-corrected chi connectivity index (χ4v) is 1.66. The van der Waals surface area contributed by atoms with Crippen LogP contribution >= 0.6 is 0 Å². The number of anilines is 4. The molecule has 2 aromatic rings. The number of nitrogen functional groups attached to an aromatic ring is 1. The summed E-state index contributed by atoms with van der Waals surface area (Å²) in [5.74, 6) is -0.622. The van der Waals surface area contributed by atoms with E-state index in [9.17, 15) is 8.78 Å². The Morgan fingerprint density at radius 2 is 1.95 bits per heavy atom. The first-order valence-corrected chi connectivity index (χ1v) is 6.60. The van der Waals surface area contributed by atoms with Crippen LogP contribution in [-0.4, -0.2) is 16.0 Å². The SMILES string of the molecule is CCC(C)Nc1ncnc(Nc2ccc(F)cc2F)c1N. The normalized spacial score (nSPS) is 12.0. The first-order valence-electron chi connectivity index (χ1n) is 6.60. The first kappa shape index (κ1) is 15.0. The molecule has 0 saturated carbocycles. The van der Waals surface area contributed by atoms with Gasteiger partial charge in [-0.15, -0.1) is 0 Å². The highest BCUT2D eigenvalue weighted by Gasteiger charge is 2.12. The summed E-state index contributed by atoms with van der Waals surface area (Å²) in [4.78, 5) is 8.05. The van der Waals surface area contributed by atoms with Gasteiger partial charge in [-0.05, 0) is 25.5 Å². The lowest BCUT2D eigenvalue weighted by atomic mass is 10.2. The van der Waals surface area contributed by atoms with Crippen molar-refractivity contribution in [2.45, 2.75) is 26.3 Å². The van der Waals surface area contributed by atoms with E-state index in [1.54, 1.807) is 0 Å². The maximum Gasteiger partial charge on any atom is 0.159 e. The molecule has 112 valence electrons. The molecule has 1 aromatic heterocycles. The predicted molar refractivity (Wildman–Crippen MR) is 79.5 cm³/mol. The Balaban J connectivity index is 2.26. The third kappa shape index (κ3) is 3.56. The van der Waals surface area contributed by atoms with Crippen LogP contribution in [0.4, 0.5) is 31.8 Å². The van der Waals surface area contributed by atoms with Crippen LogP contribution in [0, 0.1) is 11.6 Å². The maximum atomic E-state index is 13.6. The van der Waals surface area contributed by atoms with Crippen molar-refractivity contribution >= 4 is 23.0 Å². The summed E-state index contributed by atoms with van der Waals surface area (Å²) >= 11 is 0. The molecule has 0 aliphatic heterocycles. The number of nitrogens with two attached hydrogens (primary N) is 1. The van der Waals surface area contributed by atoms with Crippen LogP contribution < -0.4 is 16.4 Å². The molecule has 0 spiro atoms. The molecule has 0 bridgehead atoms. The number of hydrogen-bond donors (Lipinski definition) is 3. The zero-order valence-corrected chi connectivity index (χ0v) is 11.8. The van der Waals surface area contributed by atoms with Crippen LogP contribution in [0.25, 0.3) is 0 Å². The van der Waals surface area contributed by atoms with E-state index in [2.05, 4.69) is 20.6 Å². The Morgan fingerprint density at radius 1 is 1.24 bits per heavy atom. The monoisotopic (exact) mass is 293 g/mol. The van der Waals surface area contributed by atoms with Gasteiger partial charge in [-0.25, -0.2) is 18.7 Å². The molecule has 0 amide bonds. The first-order chi connectivity index (χ1) is 10.0. The summed E-state index contributed by atoms with van der Waals surface area (Å²) in [5, 5.41) is 5.88. The Labute approximate surface area is 121 Å². The van der Waals surface area contributed by atoms with Gasteiger partial charge in [0.1, 0.15) is 23.6 Å². The second-order valence-corrected chi connectivity index (χ2v) is 4.69. The van der Waals surface area contributed by atoms with Crippen LogP contribution in [0.5, 0.6) is 0 Å².